The van der Waals surface area contributed by atoms with Crippen LogP contribution in [0.4, 0.5) is 0 Å². The Hall–Kier alpha value is -1.59. The number of aliphatic carboxylic acids is 1. The first-order chi connectivity index (χ1) is 9.33. The topological polar surface area (TPSA) is 145 Å². The number of aliphatic hydroxyl groups is 3. The standard InChI is InChI=1S/C10H12N2O7S/c13-3-10(8(16)17)6(15)5(14)7(19-10)12-2-1-4(20)11-9(12)18/h1-2,5-7,13-15H,3H2,(H,16,17)(H,11,18,20)/t5-,6+,7-,10-/m1/s1. The normalized spacial score (nSPS) is 33.2. The Morgan fingerprint density at radius 3 is 2.65 bits per heavy atom. The second-order valence-electron chi connectivity index (χ2n) is 4.31. The van der Waals surface area contributed by atoms with Gasteiger partial charge in [-0.15, -0.1) is 0 Å². The van der Waals surface area contributed by atoms with Gasteiger partial charge in [0.15, 0.2) is 6.23 Å². The van der Waals surface area contributed by atoms with Crippen LogP contribution in [0.25, 0.3) is 0 Å². The monoisotopic (exact) mass is 304 g/mol. The molecule has 20 heavy (non-hydrogen) atoms. The van der Waals surface area contributed by atoms with Crippen molar-refractivity contribution in [3.8, 4) is 0 Å². The number of ether oxygens (including phenoxy) is 1. The van der Waals surface area contributed by atoms with Gasteiger partial charge >= 0.3 is 11.7 Å². The van der Waals surface area contributed by atoms with Crippen molar-refractivity contribution in [1.29, 1.82) is 0 Å². The van der Waals surface area contributed by atoms with E-state index in [2.05, 4.69) is 4.98 Å². The minimum atomic E-state index is -2.39. The van der Waals surface area contributed by atoms with Crippen molar-refractivity contribution < 1.29 is 30.0 Å². The fourth-order valence-corrected chi connectivity index (χ4v) is 2.16. The van der Waals surface area contributed by atoms with E-state index in [4.69, 9.17) is 27.2 Å². The second-order valence-corrected chi connectivity index (χ2v) is 4.75. The predicted octanol–water partition coefficient (Wildman–Crippen LogP) is -2.03. The fraction of sp³-hybridized carbons (Fsp3) is 0.500. The summed E-state index contributed by atoms with van der Waals surface area (Å²) in [7, 11) is 0. The second kappa shape index (κ2) is 5.07. The lowest BCUT2D eigenvalue weighted by Crippen LogP contribution is -2.52. The lowest BCUT2D eigenvalue weighted by atomic mass is 9.96. The summed E-state index contributed by atoms with van der Waals surface area (Å²) in [6.45, 7) is -1.06. The maximum atomic E-state index is 11.7. The molecule has 0 aromatic carbocycles. The molecule has 4 atom stereocenters. The molecule has 1 aliphatic rings. The summed E-state index contributed by atoms with van der Waals surface area (Å²) in [6, 6.07) is 1.33. The van der Waals surface area contributed by atoms with Gasteiger partial charge in [-0.3, -0.25) is 9.55 Å². The lowest BCUT2D eigenvalue weighted by Gasteiger charge is -2.24. The van der Waals surface area contributed by atoms with Crippen LogP contribution in [0.1, 0.15) is 6.23 Å². The number of H-pyrrole nitrogens is 1. The van der Waals surface area contributed by atoms with E-state index in [0.29, 0.717) is 0 Å². The third-order valence-corrected chi connectivity index (χ3v) is 3.38. The number of nitrogens with zero attached hydrogens (tertiary/aromatic N) is 1. The average Bonchev–Trinajstić information content (AvgIpc) is 2.64. The Morgan fingerprint density at radius 2 is 2.20 bits per heavy atom. The van der Waals surface area contributed by atoms with Crippen LogP contribution in [0.5, 0.6) is 0 Å². The fourth-order valence-electron chi connectivity index (χ4n) is 2.01. The summed E-state index contributed by atoms with van der Waals surface area (Å²) in [4.78, 5) is 25.1. The Kier molecular flexibility index (Phi) is 3.75. The third-order valence-electron chi connectivity index (χ3n) is 3.15. The van der Waals surface area contributed by atoms with Crippen molar-refractivity contribution in [2.24, 2.45) is 0 Å². The molecular formula is C10H12N2O7S. The van der Waals surface area contributed by atoms with Gasteiger partial charge in [0.1, 0.15) is 16.8 Å². The molecule has 0 aliphatic carbocycles. The summed E-state index contributed by atoms with van der Waals surface area (Å²) in [5, 5.41) is 37.9. The first kappa shape index (κ1) is 14.8. The van der Waals surface area contributed by atoms with E-state index in [1.54, 1.807) is 0 Å². The average molecular weight is 304 g/mol. The number of aromatic amines is 1. The molecule has 0 saturated carbocycles. The summed E-state index contributed by atoms with van der Waals surface area (Å²) in [6.07, 6.45) is -3.88. The molecule has 0 bridgehead atoms. The molecule has 0 amide bonds. The number of aromatic nitrogens is 2. The van der Waals surface area contributed by atoms with Crippen molar-refractivity contribution in [3.05, 3.63) is 27.4 Å². The van der Waals surface area contributed by atoms with Crippen molar-refractivity contribution in [2.75, 3.05) is 6.61 Å². The number of carboxylic acid groups (broad SMARTS) is 1. The Morgan fingerprint density at radius 1 is 1.55 bits per heavy atom. The minimum Gasteiger partial charge on any atom is -0.479 e. The highest BCUT2D eigenvalue weighted by atomic mass is 32.1. The summed E-state index contributed by atoms with van der Waals surface area (Å²) >= 11 is 4.74. The number of nitrogens with one attached hydrogen (secondary N) is 1. The van der Waals surface area contributed by atoms with Crippen molar-refractivity contribution in [3.63, 3.8) is 0 Å². The van der Waals surface area contributed by atoms with Gasteiger partial charge in [0.25, 0.3) is 0 Å². The number of aliphatic hydroxyl groups excluding tert-OH is 3. The first-order valence-corrected chi connectivity index (χ1v) is 5.94. The molecule has 10 heteroatoms. The summed E-state index contributed by atoms with van der Waals surface area (Å²) in [5.41, 5.74) is -3.14. The van der Waals surface area contributed by atoms with E-state index in [-0.39, 0.29) is 4.64 Å². The van der Waals surface area contributed by atoms with Gasteiger partial charge in [-0.2, -0.15) is 0 Å². The lowest BCUT2D eigenvalue weighted by molar-refractivity contribution is -0.184. The molecule has 1 aromatic heterocycles. The zero-order chi connectivity index (χ0) is 15.1. The first-order valence-electron chi connectivity index (χ1n) is 5.53. The molecular weight excluding hydrogens is 292 g/mol. The smallest absolute Gasteiger partial charge is 0.341 e. The van der Waals surface area contributed by atoms with Crippen molar-refractivity contribution in [2.45, 2.75) is 24.0 Å². The van der Waals surface area contributed by atoms with Crippen LogP contribution in [0.15, 0.2) is 17.1 Å². The van der Waals surface area contributed by atoms with Gasteiger partial charge in [-0.05, 0) is 6.07 Å². The molecule has 110 valence electrons. The zero-order valence-electron chi connectivity index (χ0n) is 9.96. The number of carbonyl (C=O) groups is 1. The Balaban J connectivity index is 2.47. The molecule has 1 saturated heterocycles. The molecule has 1 aliphatic heterocycles. The van der Waals surface area contributed by atoms with Crippen LogP contribution < -0.4 is 5.69 Å². The number of rotatable bonds is 3. The molecule has 9 nitrogen and oxygen atoms in total. The maximum absolute atomic E-state index is 11.7. The highest BCUT2D eigenvalue weighted by Gasteiger charge is 2.60. The molecule has 2 rings (SSSR count). The summed E-state index contributed by atoms with van der Waals surface area (Å²) in [5.74, 6) is -1.65. The highest BCUT2D eigenvalue weighted by molar-refractivity contribution is 7.71. The van der Waals surface area contributed by atoms with Crippen LogP contribution in [0.3, 0.4) is 0 Å². The van der Waals surface area contributed by atoms with E-state index in [1.807, 2.05) is 0 Å². The zero-order valence-corrected chi connectivity index (χ0v) is 10.8. The Labute approximate surface area is 116 Å². The van der Waals surface area contributed by atoms with E-state index in [0.717, 1.165) is 4.57 Å². The van der Waals surface area contributed by atoms with Crippen LogP contribution in [0.2, 0.25) is 0 Å². The van der Waals surface area contributed by atoms with Gasteiger partial charge < -0.3 is 25.2 Å². The van der Waals surface area contributed by atoms with E-state index < -0.39 is 42.3 Å². The largest absolute Gasteiger partial charge is 0.479 e. The highest BCUT2D eigenvalue weighted by Crippen LogP contribution is 2.36. The van der Waals surface area contributed by atoms with Crippen LogP contribution in [-0.4, -0.2) is 60.4 Å². The predicted molar refractivity (Wildman–Crippen MR) is 65.5 cm³/mol. The maximum Gasteiger partial charge on any atom is 0.341 e. The molecule has 5 N–H and O–H groups in total. The van der Waals surface area contributed by atoms with E-state index in [9.17, 15) is 19.8 Å². The molecule has 1 aromatic rings. The van der Waals surface area contributed by atoms with Gasteiger partial charge in [0.05, 0.1) is 6.61 Å². The minimum absolute atomic E-state index is 0.144. The van der Waals surface area contributed by atoms with Crippen molar-refractivity contribution in [1.82, 2.24) is 9.55 Å². The number of carboxylic acids is 1. The van der Waals surface area contributed by atoms with Gasteiger partial charge in [-0.1, -0.05) is 12.2 Å². The third kappa shape index (κ3) is 2.07. The van der Waals surface area contributed by atoms with Gasteiger partial charge in [0.2, 0.25) is 5.60 Å². The van der Waals surface area contributed by atoms with Gasteiger partial charge in [-0.25, -0.2) is 9.59 Å². The van der Waals surface area contributed by atoms with E-state index >= 15 is 0 Å². The van der Waals surface area contributed by atoms with Crippen molar-refractivity contribution >= 4 is 18.2 Å². The number of hydrogen-bond donors (Lipinski definition) is 5. The van der Waals surface area contributed by atoms with Crippen LogP contribution >= 0.6 is 12.2 Å². The Bertz CT molecular complexity index is 641. The molecule has 0 unspecified atom stereocenters. The van der Waals surface area contributed by atoms with Crippen LogP contribution in [-0.2, 0) is 9.53 Å². The van der Waals surface area contributed by atoms with Crippen LogP contribution in [0, 0.1) is 4.64 Å². The molecule has 1 fully saturated rings. The molecule has 2 heterocycles. The summed E-state index contributed by atoms with van der Waals surface area (Å²) < 4.78 is 6.05. The SMILES string of the molecule is O=C(O)[C@]1(CO)O[C@@H](n2ccc(=S)[nH]c2=O)[C@H](O)[C@@H]1O. The van der Waals surface area contributed by atoms with Gasteiger partial charge in [0, 0.05) is 6.20 Å². The quantitative estimate of drug-likeness (QED) is 0.402. The number of hydrogen-bond acceptors (Lipinski definition) is 7. The molecule has 0 spiro atoms. The van der Waals surface area contributed by atoms with E-state index in [1.165, 1.54) is 12.3 Å². The molecule has 0 radical (unpaired) electrons.